The van der Waals surface area contributed by atoms with Crippen LogP contribution in [0.3, 0.4) is 0 Å². The van der Waals surface area contributed by atoms with Crippen molar-refractivity contribution in [2.24, 2.45) is 0 Å². The SMILES string of the molecule is CCc1ncn(Cc2ccc(F)cc2F)c1N. The average Bonchev–Trinajstić information content (AvgIpc) is 2.64. The smallest absolute Gasteiger partial charge is 0.131 e. The van der Waals surface area contributed by atoms with E-state index < -0.39 is 11.6 Å². The lowest BCUT2D eigenvalue weighted by molar-refractivity contribution is 0.566. The van der Waals surface area contributed by atoms with E-state index in [9.17, 15) is 8.78 Å². The summed E-state index contributed by atoms with van der Waals surface area (Å²) >= 11 is 0. The van der Waals surface area contributed by atoms with E-state index in [1.165, 1.54) is 12.1 Å². The Kier molecular flexibility index (Phi) is 3.08. The van der Waals surface area contributed by atoms with Crippen LogP contribution in [0.5, 0.6) is 0 Å². The van der Waals surface area contributed by atoms with E-state index in [1.54, 1.807) is 10.9 Å². The summed E-state index contributed by atoms with van der Waals surface area (Å²) in [6.45, 7) is 2.20. The van der Waals surface area contributed by atoms with Crippen LogP contribution in [0.15, 0.2) is 24.5 Å². The first kappa shape index (κ1) is 11.6. The first-order chi connectivity index (χ1) is 8.11. The van der Waals surface area contributed by atoms with Gasteiger partial charge in [0.1, 0.15) is 17.5 Å². The van der Waals surface area contributed by atoms with Crippen molar-refractivity contribution >= 4 is 5.82 Å². The molecule has 0 spiro atoms. The van der Waals surface area contributed by atoms with Gasteiger partial charge in [-0.25, -0.2) is 13.8 Å². The zero-order valence-corrected chi connectivity index (χ0v) is 9.45. The standard InChI is InChI=1S/C12H13F2N3/c1-2-11-12(15)17(7-16-11)6-8-3-4-9(13)5-10(8)14/h3-5,7H,2,6,15H2,1H3. The molecule has 0 unspecified atom stereocenters. The van der Waals surface area contributed by atoms with Gasteiger partial charge in [0.25, 0.3) is 0 Å². The summed E-state index contributed by atoms with van der Waals surface area (Å²) < 4.78 is 27.8. The van der Waals surface area contributed by atoms with Crippen molar-refractivity contribution < 1.29 is 8.78 Å². The number of nitrogens with two attached hydrogens (primary N) is 1. The Bertz CT molecular complexity index is 535. The van der Waals surface area contributed by atoms with Crippen LogP contribution in [-0.4, -0.2) is 9.55 Å². The first-order valence-electron chi connectivity index (χ1n) is 5.35. The number of aryl methyl sites for hydroxylation is 1. The molecule has 0 atom stereocenters. The summed E-state index contributed by atoms with van der Waals surface area (Å²) in [5, 5.41) is 0. The van der Waals surface area contributed by atoms with Crippen LogP contribution in [-0.2, 0) is 13.0 Å². The maximum atomic E-state index is 13.4. The molecule has 0 radical (unpaired) electrons. The van der Waals surface area contributed by atoms with Crippen molar-refractivity contribution in [2.45, 2.75) is 19.9 Å². The molecule has 1 aromatic heterocycles. The molecule has 0 aliphatic rings. The Morgan fingerprint density at radius 3 is 2.71 bits per heavy atom. The summed E-state index contributed by atoms with van der Waals surface area (Å²) in [5.74, 6) is -0.633. The van der Waals surface area contributed by atoms with Gasteiger partial charge in [-0.1, -0.05) is 13.0 Å². The molecule has 90 valence electrons. The third-order valence-corrected chi connectivity index (χ3v) is 2.65. The van der Waals surface area contributed by atoms with E-state index in [4.69, 9.17) is 5.73 Å². The van der Waals surface area contributed by atoms with Gasteiger partial charge in [-0.15, -0.1) is 0 Å². The Balaban J connectivity index is 2.28. The molecule has 2 rings (SSSR count). The van der Waals surface area contributed by atoms with Gasteiger partial charge in [0, 0.05) is 11.6 Å². The first-order valence-corrected chi connectivity index (χ1v) is 5.35. The van der Waals surface area contributed by atoms with E-state index in [1.807, 2.05) is 6.92 Å². The predicted octanol–water partition coefficient (Wildman–Crippen LogP) is 2.35. The third kappa shape index (κ3) is 2.27. The van der Waals surface area contributed by atoms with E-state index in [-0.39, 0.29) is 6.54 Å². The number of aromatic nitrogens is 2. The van der Waals surface area contributed by atoms with Gasteiger partial charge in [-0.05, 0) is 12.5 Å². The number of rotatable bonds is 3. The molecule has 0 aliphatic carbocycles. The Hall–Kier alpha value is -1.91. The van der Waals surface area contributed by atoms with Gasteiger partial charge >= 0.3 is 0 Å². The average molecular weight is 237 g/mol. The number of hydrogen-bond acceptors (Lipinski definition) is 2. The highest BCUT2D eigenvalue weighted by atomic mass is 19.1. The van der Waals surface area contributed by atoms with E-state index in [0.717, 1.165) is 18.2 Å². The normalized spacial score (nSPS) is 10.8. The molecule has 1 aromatic carbocycles. The number of nitrogen functional groups attached to an aromatic ring is 1. The van der Waals surface area contributed by atoms with E-state index in [2.05, 4.69) is 4.98 Å². The number of hydrogen-bond donors (Lipinski definition) is 1. The molecule has 17 heavy (non-hydrogen) atoms. The molecule has 0 saturated heterocycles. The van der Waals surface area contributed by atoms with Crippen LogP contribution in [0.1, 0.15) is 18.2 Å². The van der Waals surface area contributed by atoms with Gasteiger partial charge in [-0.2, -0.15) is 0 Å². The summed E-state index contributed by atoms with van der Waals surface area (Å²) in [7, 11) is 0. The van der Waals surface area contributed by atoms with Crippen molar-refractivity contribution in [1.29, 1.82) is 0 Å². The third-order valence-electron chi connectivity index (χ3n) is 2.65. The van der Waals surface area contributed by atoms with Crippen LogP contribution >= 0.6 is 0 Å². The lowest BCUT2D eigenvalue weighted by Crippen LogP contribution is -2.05. The van der Waals surface area contributed by atoms with E-state index in [0.29, 0.717) is 11.4 Å². The van der Waals surface area contributed by atoms with Crippen LogP contribution in [0.4, 0.5) is 14.6 Å². The summed E-state index contributed by atoms with van der Waals surface area (Å²) in [4.78, 5) is 4.12. The van der Waals surface area contributed by atoms with Crippen molar-refractivity contribution in [3.63, 3.8) is 0 Å². The zero-order chi connectivity index (χ0) is 12.4. The highest BCUT2D eigenvalue weighted by Crippen LogP contribution is 2.16. The number of halogens is 2. The fraction of sp³-hybridized carbons (Fsp3) is 0.250. The second-order valence-corrected chi connectivity index (χ2v) is 3.79. The molecule has 2 aromatic rings. The number of imidazole rings is 1. The fourth-order valence-electron chi connectivity index (χ4n) is 1.67. The molecular weight excluding hydrogens is 224 g/mol. The number of anilines is 1. The molecule has 0 bridgehead atoms. The van der Waals surface area contributed by atoms with Crippen LogP contribution in [0.2, 0.25) is 0 Å². The molecule has 0 fully saturated rings. The lowest BCUT2D eigenvalue weighted by atomic mass is 10.2. The minimum atomic E-state index is -0.584. The molecule has 1 heterocycles. The summed E-state index contributed by atoms with van der Waals surface area (Å²) in [6, 6.07) is 3.51. The molecular formula is C12H13F2N3. The topological polar surface area (TPSA) is 43.8 Å². The molecule has 0 saturated carbocycles. The maximum Gasteiger partial charge on any atom is 0.131 e. The van der Waals surface area contributed by atoms with Crippen molar-refractivity contribution in [2.75, 3.05) is 5.73 Å². The van der Waals surface area contributed by atoms with Gasteiger partial charge in [0.2, 0.25) is 0 Å². The van der Waals surface area contributed by atoms with Gasteiger partial charge < -0.3 is 10.3 Å². The monoisotopic (exact) mass is 237 g/mol. The van der Waals surface area contributed by atoms with Gasteiger partial charge in [0.15, 0.2) is 0 Å². The molecule has 0 aliphatic heterocycles. The van der Waals surface area contributed by atoms with Crippen molar-refractivity contribution in [3.05, 3.63) is 47.4 Å². The van der Waals surface area contributed by atoms with Gasteiger partial charge in [-0.3, -0.25) is 0 Å². The summed E-state index contributed by atoms with van der Waals surface area (Å²) in [5.41, 5.74) is 7.02. The quantitative estimate of drug-likeness (QED) is 0.890. The van der Waals surface area contributed by atoms with Gasteiger partial charge in [0.05, 0.1) is 18.6 Å². The van der Waals surface area contributed by atoms with Crippen molar-refractivity contribution in [3.8, 4) is 0 Å². The Morgan fingerprint density at radius 2 is 2.12 bits per heavy atom. The second kappa shape index (κ2) is 4.53. The predicted molar refractivity (Wildman–Crippen MR) is 61.5 cm³/mol. The number of benzene rings is 1. The highest BCUT2D eigenvalue weighted by molar-refractivity contribution is 5.37. The largest absolute Gasteiger partial charge is 0.384 e. The lowest BCUT2D eigenvalue weighted by Gasteiger charge is -2.06. The summed E-state index contributed by atoms with van der Waals surface area (Å²) in [6.07, 6.45) is 2.29. The van der Waals surface area contributed by atoms with Crippen LogP contribution in [0, 0.1) is 11.6 Å². The fourth-order valence-corrected chi connectivity index (χ4v) is 1.67. The molecule has 3 nitrogen and oxygen atoms in total. The van der Waals surface area contributed by atoms with E-state index >= 15 is 0 Å². The molecule has 5 heteroatoms. The minimum absolute atomic E-state index is 0.255. The minimum Gasteiger partial charge on any atom is -0.384 e. The zero-order valence-electron chi connectivity index (χ0n) is 9.45. The number of nitrogens with zero attached hydrogens (tertiary/aromatic N) is 2. The molecule has 0 amide bonds. The highest BCUT2D eigenvalue weighted by Gasteiger charge is 2.09. The second-order valence-electron chi connectivity index (χ2n) is 3.79. The maximum absolute atomic E-state index is 13.4. The van der Waals surface area contributed by atoms with Crippen molar-refractivity contribution in [1.82, 2.24) is 9.55 Å². The Morgan fingerprint density at radius 1 is 1.35 bits per heavy atom. The van der Waals surface area contributed by atoms with Crippen LogP contribution < -0.4 is 5.73 Å². The Labute approximate surface area is 97.9 Å². The van der Waals surface area contributed by atoms with Crippen LogP contribution in [0.25, 0.3) is 0 Å². The molecule has 2 N–H and O–H groups in total.